The Morgan fingerprint density at radius 1 is 1.11 bits per heavy atom. The molecule has 3 heteroatoms. The first kappa shape index (κ1) is 16.9. The van der Waals surface area contributed by atoms with Crippen molar-refractivity contribution in [2.45, 2.75) is 52.5 Å². The van der Waals surface area contributed by atoms with Crippen LogP contribution < -0.4 is 5.32 Å². The number of ether oxygens (including phenoxy) is 1. The Morgan fingerprint density at radius 2 is 1.79 bits per heavy atom. The van der Waals surface area contributed by atoms with Crippen molar-refractivity contribution in [3.8, 4) is 0 Å². The van der Waals surface area contributed by atoms with Gasteiger partial charge in [0.1, 0.15) is 0 Å². The lowest BCUT2D eigenvalue weighted by molar-refractivity contribution is 0.0978. The maximum absolute atomic E-state index is 5.65. The summed E-state index contributed by atoms with van der Waals surface area (Å²) in [5, 5.41) is 3.73. The van der Waals surface area contributed by atoms with E-state index >= 15 is 0 Å². The van der Waals surface area contributed by atoms with E-state index in [1.807, 2.05) is 0 Å². The predicted molar refractivity (Wildman–Crippen MR) is 82.6 cm³/mol. The van der Waals surface area contributed by atoms with Crippen LogP contribution >= 0.6 is 0 Å². The standard InChI is InChI=1S/C16H34N2O/c1-16(2,3)14-8-6-7-9-15(14)17-10-12-19-13-11-18(4)5/h14-15,17H,6-13H2,1-5H3. The molecule has 0 aromatic heterocycles. The van der Waals surface area contributed by atoms with Crippen LogP contribution in [0.1, 0.15) is 46.5 Å². The van der Waals surface area contributed by atoms with Crippen molar-refractivity contribution >= 4 is 0 Å². The topological polar surface area (TPSA) is 24.5 Å². The summed E-state index contributed by atoms with van der Waals surface area (Å²) in [5.74, 6) is 0.808. The van der Waals surface area contributed by atoms with Crippen LogP contribution in [0.15, 0.2) is 0 Å². The predicted octanol–water partition coefficient (Wildman–Crippen LogP) is 2.76. The minimum Gasteiger partial charge on any atom is -0.379 e. The molecule has 1 aliphatic rings. The molecule has 3 nitrogen and oxygen atoms in total. The molecular weight excluding hydrogens is 236 g/mol. The summed E-state index contributed by atoms with van der Waals surface area (Å²) in [6, 6.07) is 0.686. The average Bonchev–Trinajstić information content (AvgIpc) is 2.32. The third-order valence-electron chi connectivity index (χ3n) is 4.21. The van der Waals surface area contributed by atoms with Crippen molar-refractivity contribution in [1.82, 2.24) is 10.2 Å². The highest BCUT2D eigenvalue weighted by atomic mass is 16.5. The zero-order valence-electron chi connectivity index (χ0n) is 13.7. The molecule has 19 heavy (non-hydrogen) atoms. The van der Waals surface area contributed by atoms with Gasteiger partial charge in [-0.2, -0.15) is 0 Å². The molecule has 0 amide bonds. The van der Waals surface area contributed by atoms with Crippen molar-refractivity contribution in [2.24, 2.45) is 11.3 Å². The van der Waals surface area contributed by atoms with Crippen LogP contribution in [0.3, 0.4) is 0 Å². The second-order valence-corrected chi connectivity index (χ2v) is 7.23. The third-order valence-corrected chi connectivity index (χ3v) is 4.21. The van der Waals surface area contributed by atoms with Gasteiger partial charge in [0.05, 0.1) is 13.2 Å². The molecule has 0 aliphatic heterocycles. The zero-order chi connectivity index (χ0) is 14.3. The van der Waals surface area contributed by atoms with Crippen LogP contribution in [-0.2, 0) is 4.74 Å². The first-order valence-electron chi connectivity index (χ1n) is 7.87. The molecule has 2 atom stereocenters. The lowest BCUT2D eigenvalue weighted by Crippen LogP contribution is -2.45. The van der Waals surface area contributed by atoms with E-state index in [0.29, 0.717) is 11.5 Å². The fraction of sp³-hybridized carbons (Fsp3) is 1.00. The summed E-state index contributed by atoms with van der Waals surface area (Å²) in [6.45, 7) is 10.8. The Kier molecular flexibility index (Phi) is 7.33. The van der Waals surface area contributed by atoms with Crippen LogP contribution in [0.5, 0.6) is 0 Å². The molecule has 0 saturated heterocycles. The first-order chi connectivity index (χ1) is 8.91. The summed E-state index contributed by atoms with van der Waals surface area (Å²) >= 11 is 0. The van der Waals surface area contributed by atoms with Crippen molar-refractivity contribution in [1.29, 1.82) is 0 Å². The molecule has 0 aromatic carbocycles. The monoisotopic (exact) mass is 270 g/mol. The van der Waals surface area contributed by atoms with E-state index in [0.717, 1.165) is 32.2 Å². The Hall–Kier alpha value is -0.120. The van der Waals surface area contributed by atoms with Gasteiger partial charge in [0.25, 0.3) is 0 Å². The van der Waals surface area contributed by atoms with Crippen LogP contribution in [0.25, 0.3) is 0 Å². The van der Waals surface area contributed by atoms with Gasteiger partial charge in [0, 0.05) is 19.1 Å². The van der Waals surface area contributed by atoms with E-state index < -0.39 is 0 Å². The smallest absolute Gasteiger partial charge is 0.0593 e. The summed E-state index contributed by atoms with van der Waals surface area (Å²) in [7, 11) is 4.16. The lowest BCUT2D eigenvalue weighted by atomic mass is 9.69. The maximum atomic E-state index is 5.65. The van der Waals surface area contributed by atoms with Gasteiger partial charge in [-0.25, -0.2) is 0 Å². The number of nitrogens with one attached hydrogen (secondary N) is 1. The Morgan fingerprint density at radius 3 is 2.42 bits per heavy atom. The molecule has 0 aromatic rings. The molecule has 1 saturated carbocycles. The number of nitrogens with zero attached hydrogens (tertiary/aromatic N) is 1. The fourth-order valence-corrected chi connectivity index (χ4v) is 3.08. The number of hydrogen-bond acceptors (Lipinski definition) is 3. The molecule has 2 unspecified atom stereocenters. The van der Waals surface area contributed by atoms with Gasteiger partial charge in [0.2, 0.25) is 0 Å². The van der Waals surface area contributed by atoms with Crippen molar-refractivity contribution < 1.29 is 4.74 Å². The summed E-state index contributed by atoms with van der Waals surface area (Å²) in [5.41, 5.74) is 0.421. The van der Waals surface area contributed by atoms with Gasteiger partial charge in [-0.05, 0) is 38.3 Å². The van der Waals surface area contributed by atoms with Gasteiger partial charge in [-0.3, -0.25) is 0 Å². The molecule has 0 heterocycles. The molecule has 1 rings (SSSR count). The molecule has 0 bridgehead atoms. The second kappa shape index (κ2) is 8.23. The summed E-state index contributed by atoms with van der Waals surface area (Å²) in [6.07, 6.45) is 5.49. The first-order valence-corrected chi connectivity index (χ1v) is 7.87. The van der Waals surface area contributed by atoms with Crippen LogP contribution in [-0.4, -0.2) is 51.3 Å². The van der Waals surface area contributed by atoms with Gasteiger partial charge < -0.3 is 15.0 Å². The van der Waals surface area contributed by atoms with E-state index in [2.05, 4.69) is 45.1 Å². The Bertz CT molecular complexity index is 235. The van der Waals surface area contributed by atoms with Gasteiger partial charge >= 0.3 is 0 Å². The molecule has 0 radical (unpaired) electrons. The minimum atomic E-state index is 0.421. The van der Waals surface area contributed by atoms with E-state index in [9.17, 15) is 0 Å². The number of hydrogen-bond donors (Lipinski definition) is 1. The molecule has 1 fully saturated rings. The molecule has 0 spiro atoms. The van der Waals surface area contributed by atoms with Crippen molar-refractivity contribution in [3.05, 3.63) is 0 Å². The minimum absolute atomic E-state index is 0.421. The fourth-order valence-electron chi connectivity index (χ4n) is 3.08. The summed E-state index contributed by atoms with van der Waals surface area (Å²) in [4.78, 5) is 2.16. The van der Waals surface area contributed by atoms with Gasteiger partial charge in [-0.15, -0.1) is 0 Å². The van der Waals surface area contributed by atoms with E-state index in [4.69, 9.17) is 4.74 Å². The molecule has 114 valence electrons. The maximum Gasteiger partial charge on any atom is 0.0593 e. The van der Waals surface area contributed by atoms with Crippen molar-refractivity contribution in [2.75, 3.05) is 40.4 Å². The Balaban J connectivity index is 2.19. The highest BCUT2D eigenvalue weighted by Gasteiger charge is 2.33. The van der Waals surface area contributed by atoms with Gasteiger partial charge in [-0.1, -0.05) is 33.6 Å². The normalized spacial score (nSPS) is 24.9. The highest BCUT2D eigenvalue weighted by molar-refractivity contribution is 4.88. The van der Waals surface area contributed by atoms with E-state index in [-0.39, 0.29) is 0 Å². The van der Waals surface area contributed by atoms with Crippen molar-refractivity contribution in [3.63, 3.8) is 0 Å². The third kappa shape index (κ3) is 6.73. The highest BCUT2D eigenvalue weighted by Crippen LogP contribution is 2.37. The van der Waals surface area contributed by atoms with Crippen LogP contribution in [0.2, 0.25) is 0 Å². The molecular formula is C16H34N2O. The second-order valence-electron chi connectivity index (χ2n) is 7.23. The molecule has 1 aliphatic carbocycles. The van der Waals surface area contributed by atoms with E-state index in [1.54, 1.807) is 0 Å². The average molecular weight is 270 g/mol. The van der Waals surface area contributed by atoms with Gasteiger partial charge in [0.15, 0.2) is 0 Å². The molecule has 1 N–H and O–H groups in total. The largest absolute Gasteiger partial charge is 0.379 e. The quantitative estimate of drug-likeness (QED) is 0.720. The summed E-state index contributed by atoms with van der Waals surface area (Å²) < 4.78 is 5.65. The van der Waals surface area contributed by atoms with Crippen LogP contribution in [0, 0.1) is 11.3 Å². The number of likely N-dealkylation sites (N-methyl/N-ethyl adjacent to an activating group) is 1. The number of rotatable bonds is 7. The lowest BCUT2D eigenvalue weighted by Gasteiger charge is -2.41. The van der Waals surface area contributed by atoms with E-state index in [1.165, 1.54) is 25.7 Å². The zero-order valence-corrected chi connectivity index (χ0v) is 13.7. The van der Waals surface area contributed by atoms with Crippen LogP contribution in [0.4, 0.5) is 0 Å². The Labute approximate surface area is 120 Å². The SMILES string of the molecule is CN(C)CCOCCNC1CCCCC1C(C)(C)C.